The Morgan fingerprint density at radius 3 is 2.65 bits per heavy atom. The highest BCUT2D eigenvalue weighted by atomic mass is 32.2. The van der Waals surface area contributed by atoms with Gasteiger partial charge in [0.05, 0.1) is 0 Å². The Kier molecular flexibility index (Phi) is 6.25. The predicted octanol–water partition coefficient (Wildman–Crippen LogP) is 2.20. The van der Waals surface area contributed by atoms with E-state index in [4.69, 9.17) is 0 Å². The number of hydrogen-bond acceptors (Lipinski definition) is 7. The van der Waals surface area contributed by atoms with Gasteiger partial charge in [-0.05, 0) is 19.2 Å². The van der Waals surface area contributed by atoms with Crippen molar-refractivity contribution in [1.82, 2.24) is 15.1 Å². The lowest BCUT2D eigenvalue weighted by Gasteiger charge is -2.31. The number of piperazine rings is 1. The number of rotatable bonds is 5. The number of hydrogen-bond donors (Lipinski definition) is 0. The summed E-state index contributed by atoms with van der Waals surface area (Å²) in [5, 5.41) is 11.8. The van der Waals surface area contributed by atoms with E-state index in [1.165, 1.54) is 0 Å². The van der Waals surface area contributed by atoms with E-state index in [0.29, 0.717) is 0 Å². The van der Waals surface area contributed by atoms with Crippen LogP contribution < -0.4 is 4.90 Å². The summed E-state index contributed by atoms with van der Waals surface area (Å²) < 4.78 is 0. The lowest BCUT2D eigenvalue weighted by atomic mass is 10.3. The van der Waals surface area contributed by atoms with Crippen LogP contribution in [0.5, 0.6) is 0 Å². The fourth-order valence-corrected chi connectivity index (χ4v) is 3.67. The Balaban J connectivity index is 2.06. The fourth-order valence-electron chi connectivity index (χ4n) is 1.95. The Morgan fingerprint density at radius 1 is 1.25 bits per heavy atom. The summed E-state index contributed by atoms with van der Waals surface area (Å²) in [6.07, 6.45) is 1.07. The third-order valence-electron chi connectivity index (χ3n) is 3.13. The molecule has 20 heavy (non-hydrogen) atoms. The van der Waals surface area contributed by atoms with E-state index >= 15 is 0 Å². The fraction of sp³-hybridized carbons (Fsp3) is 0.769. The van der Waals surface area contributed by atoms with Crippen LogP contribution in [0.3, 0.4) is 0 Å². The zero-order valence-corrected chi connectivity index (χ0v) is 14.1. The lowest BCUT2D eigenvalue weighted by molar-refractivity contribution is 0.312. The number of aliphatic imine (C=N–C) groups is 1. The maximum absolute atomic E-state index is 4.63. The molecular formula is C13H23N5S2. The van der Waals surface area contributed by atoms with Crippen LogP contribution in [0.2, 0.25) is 0 Å². The van der Waals surface area contributed by atoms with E-state index in [9.17, 15) is 0 Å². The van der Waals surface area contributed by atoms with Gasteiger partial charge >= 0.3 is 0 Å². The molecule has 5 nitrogen and oxygen atoms in total. The van der Waals surface area contributed by atoms with Gasteiger partial charge in [-0.25, -0.2) is 0 Å². The molecule has 1 aliphatic rings. The summed E-state index contributed by atoms with van der Waals surface area (Å²) in [6, 6.07) is 0. The molecule has 2 rings (SSSR count). The van der Waals surface area contributed by atoms with Crippen LogP contribution in [0.25, 0.3) is 0 Å². The molecule has 0 aromatic carbocycles. The van der Waals surface area contributed by atoms with E-state index in [0.717, 1.165) is 60.1 Å². The lowest BCUT2D eigenvalue weighted by Crippen LogP contribution is -2.44. The van der Waals surface area contributed by atoms with Crippen LogP contribution in [0.1, 0.15) is 25.3 Å². The first-order valence-electron chi connectivity index (χ1n) is 7.19. The van der Waals surface area contributed by atoms with Crippen molar-refractivity contribution in [3.05, 3.63) is 5.01 Å². The zero-order valence-electron chi connectivity index (χ0n) is 12.5. The Bertz CT molecular complexity index is 438. The molecule has 0 N–H and O–H groups in total. The highest BCUT2D eigenvalue weighted by molar-refractivity contribution is 8.14. The maximum atomic E-state index is 4.63. The van der Waals surface area contributed by atoms with Gasteiger partial charge in [0.15, 0.2) is 5.01 Å². The van der Waals surface area contributed by atoms with Crippen molar-refractivity contribution >= 4 is 33.3 Å². The van der Waals surface area contributed by atoms with Gasteiger partial charge in [-0.15, -0.1) is 22.0 Å². The molecule has 1 aromatic rings. The van der Waals surface area contributed by atoms with Crippen LogP contribution in [0.4, 0.5) is 5.13 Å². The molecule has 112 valence electrons. The molecule has 0 amide bonds. The van der Waals surface area contributed by atoms with Crippen molar-refractivity contribution in [2.24, 2.45) is 4.99 Å². The maximum Gasteiger partial charge on any atom is 0.208 e. The zero-order chi connectivity index (χ0) is 14.4. The monoisotopic (exact) mass is 313 g/mol. The Morgan fingerprint density at radius 2 is 2.00 bits per heavy atom. The third-order valence-corrected chi connectivity index (χ3v) is 5.14. The number of nitrogens with zero attached hydrogens (tertiary/aromatic N) is 5. The van der Waals surface area contributed by atoms with Crippen molar-refractivity contribution in [3.8, 4) is 0 Å². The van der Waals surface area contributed by atoms with Crippen molar-refractivity contribution in [2.75, 3.05) is 50.4 Å². The van der Waals surface area contributed by atoms with Gasteiger partial charge in [0.1, 0.15) is 5.04 Å². The molecular weight excluding hydrogens is 290 g/mol. The molecule has 0 radical (unpaired) electrons. The van der Waals surface area contributed by atoms with E-state index < -0.39 is 0 Å². The molecule has 0 aliphatic carbocycles. The van der Waals surface area contributed by atoms with E-state index in [2.05, 4.69) is 45.9 Å². The molecule has 0 unspecified atom stereocenters. The minimum atomic E-state index is 0.867. The standard InChI is InChI=1S/C13H23N5S2/c1-4-6-14-11(19-5-2)12-15-16-13(20-12)18-9-7-17(3)8-10-18/h4-10H2,1-3H3. The van der Waals surface area contributed by atoms with Crippen molar-refractivity contribution in [2.45, 2.75) is 20.3 Å². The first kappa shape index (κ1) is 15.7. The van der Waals surface area contributed by atoms with Crippen LogP contribution in [0.15, 0.2) is 4.99 Å². The molecule has 0 spiro atoms. The third kappa shape index (κ3) is 4.17. The molecule has 1 fully saturated rings. The summed E-state index contributed by atoms with van der Waals surface area (Å²) in [7, 11) is 2.16. The molecule has 0 saturated carbocycles. The Hall–Kier alpha value is -0.660. The molecule has 7 heteroatoms. The highest BCUT2D eigenvalue weighted by Gasteiger charge is 2.19. The molecule has 1 aromatic heterocycles. The van der Waals surface area contributed by atoms with Gasteiger partial charge < -0.3 is 9.80 Å². The molecule has 1 aliphatic heterocycles. The van der Waals surface area contributed by atoms with E-state index in [1.807, 2.05) is 0 Å². The van der Waals surface area contributed by atoms with Gasteiger partial charge in [0, 0.05) is 32.7 Å². The normalized spacial score (nSPS) is 17.8. The molecule has 0 atom stereocenters. The number of thioether (sulfide) groups is 1. The molecule has 0 bridgehead atoms. The number of likely N-dealkylation sites (N-methyl/N-ethyl adjacent to an activating group) is 1. The minimum Gasteiger partial charge on any atom is -0.344 e. The van der Waals surface area contributed by atoms with Gasteiger partial charge in [-0.3, -0.25) is 4.99 Å². The van der Waals surface area contributed by atoms with Crippen molar-refractivity contribution < 1.29 is 0 Å². The van der Waals surface area contributed by atoms with Crippen molar-refractivity contribution in [3.63, 3.8) is 0 Å². The van der Waals surface area contributed by atoms with Gasteiger partial charge in [-0.2, -0.15) is 0 Å². The van der Waals surface area contributed by atoms with Crippen LogP contribution in [-0.2, 0) is 0 Å². The minimum absolute atomic E-state index is 0.867. The number of aromatic nitrogens is 2. The summed E-state index contributed by atoms with van der Waals surface area (Å²) in [6.45, 7) is 9.42. The predicted molar refractivity (Wildman–Crippen MR) is 89.4 cm³/mol. The second-order valence-corrected chi connectivity index (χ2v) is 7.01. The summed E-state index contributed by atoms with van der Waals surface area (Å²) in [4.78, 5) is 9.31. The second kappa shape index (κ2) is 7.95. The highest BCUT2D eigenvalue weighted by Crippen LogP contribution is 2.25. The van der Waals surface area contributed by atoms with E-state index in [1.54, 1.807) is 23.1 Å². The average molecular weight is 313 g/mol. The van der Waals surface area contributed by atoms with Crippen LogP contribution >= 0.6 is 23.1 Å². The topological polar surface area (TPSA) is 44.6 Å². The largest absolute Gasteiger partial charge is 0.344 e. The number of anilines is 1. The van der Waals surface area contributed by atoms with Gasteiger partial charge in [0.2, 0.25) is 5.13 Å². The first-order valence-corrected chi connectivity index (χ1v) is 8.99. The molecule has 1 saturated heterocycles. The second-order valence-electron chi connectivity index (χ2n) is 4.80. The van der Waals surface area contributed by atoms with Crippen LogP contribution in [-0.4, -0.2) is 65.7 Å². The smallest absolute Gasteiger partial charge is 0.208 e. The van der Waals surface area contributed by atoms with Crippen LogP contribution in [0, 0.1) is 0 Å². The summed E-state index contributed by atoms with van der Waals surface area (Å²) >= 11 is 3.43. The summed E-state index contributed by atoms with van der Waals surface area (Å²) in [5.74, 6) is 1.02. The quantitative estimate of drug-likeness (QED) is 0.616. The molecule has 2 heterocycles. The Labute approximate surface area is 129 Å². The SMILES string of the molecule is CCCN=C(SCC)c1nnc(N2CCN(C)CC2)s1. The first-order chi connectivity index (χ1) is 9.74. The van der Waals surface area contributed by atoms with Crippen molar-refractivity contribution in [1.29, 1.82) is 0 Å². The average Bonchev–Trinajstić information content (AvgIpc) is 2.94. The summed E-state index contributed by atoms with van der Waals surface area (Å²) in [5.41, 5.74) is 0. The van der Waals surface area contributed by atoms with Gasteiger partial charge in [-0.1, -0.05) is 25.2 Å². The van der Waals surface area contributed by atoms with E-state index in [-0.39, 0.29) is 0 Å². The van der Waals surface area contributed by atoms with Gasteiger partial charge in [0.25, 0.3) is 0 Å².